The summed E-state index contributed by atoms with van der Waals surface area (Å²) in [4.78, 5) is 0. The van der Waals surface area contributed by atoms with Crippen molar-refractivity contribution in [1.29, 1.82) is 0 Å². The standard InChI is InChI=1S/C7H18O2Si/c1-8-6-7(9-2)10(3,4)5/h7H,6H2,1-5H3/i2D3. The van der Waals surface area contributed by atoms with E-state index in [2.05, 4.69) is 19.6 Å². The Morgan fingerprint density at radius 1 is 1.50 bits per heavy atom. The fourth-order valence-corrected chi connectivity index (χ4v) is 1.63. The molecule has 0 aromatic carbocycles. The second-order valence-electron chi connectivity index (χ2n) is 3.43. The van der Waals surface area contributed by atoms with Crippen molar-refractivity contribution >= 4 is 8.07 Å². The van der Waals surface area contributed by atoms with Gasteiger partial charge in [-0.15, -0.1) is 0 Å². The summed E-state index contributed by atoms with van der Waals surface area (Å²) in [5, 5.41) is 0. The summed E-state index contributed by atoms with van der Waals surface area (Å²) in [6, 6.07) is 0. The van der Waals surface area contributed by atoms with Gasteiger partial charge in [-0.05, 0) is 0 Å². The summed E-state index contributed by atoms with van der Waals surface area (Å²) in [7, 11) is -2.39. The molecule has 0 fully saturated rings. The lowest BCUT2D eigenvalue weighted by Gasteiger charge is -2.26. The number of ether oxygens (including phenoxy) is 2. The lowest BCUT2D eigenvalue weighted by molar-refractivity contribution is 0.0700. The Morgan fingerprint density at radius 2 is 2.10 bits per heavy atom. The maximum absolute atomic E-state index is 7.00. The highest BCUT2D eigenvalue weighted by Crippen LogP contribution is 2.10. The molecule has 0 amide bonds. The van der Waals surface area contributed by atoms with Crippen molar-refractivity contribution in [3.05, 3.63) is 0 Å². The first kappa shape index (κ1) is 5.74. The van der Waals surface area contributed by atoms with Gasteiger partial charge in [-0.2, -0.15) is 0 Å². The number of rotatable bonds is 4. The van der Waals surface area contributed by atoms with Crippen LogP contribution in [0, 0.1) is 0 Å². The van der Waals surface area contributed by atoms with Crippen LogP contribution < -0.4 is 0 Å². The molecule has 0 spiro atoms. The molecule has 0 saturated carbocycles. The minimum atomic E-state index is -2.32. The average Bonchev–Trinajstić information content (AvgIpc) is 1.81. The Morgan fingerprint density at radius 3 is 2.40 bits per heavy atom. The number of hydrogen-bond donors (Lipinski definition) is 0. The molecule has 0 bridgehead atoms. The van der Waals surface area contributed by atoms with Crippen molar-refractivity contribution in [2.45, 2.75) is 25.4 Å². The topological polar surface area (TPSA) is 18.5 Å². The summed E-state index contributed by atoms with van der Waals surface area (Å²) in [6.45, 7) is 6.53. The molecule has 1 unspecified atom stereocenters. The first-order valence-corrected chi connectivity index (χ1v) is 6.91. The summed E-state index contributed by atoms with van der Waals surface area (Å²) < 4.78 is 30.9. The van der Waals surface area contributed by atoms with Crippen LogP contribution in [0.25, 0.3) is 0 Å². The van der Waals surface area contributed by atoms with Crippen LogP contribution in [0.5, 0.6) is 0 Å². The highest BCUT2D eigenvalue weighted by Gasteiger charge is 2.26. The van der Waals surface area contributed by atoms with Crippen LogP contribution in [0.15, 0.2) is 0 Å². The Hall–Kier alpha value is 0.137. The SMILES string of the molecule is [2H]C([2H])([2H])OC(COC)[Si](C)(C)C. The predicted molar refractivity (Wildman–Crippen MR) is 46.0 cm³/mol. The second-order valence-corrected chi connectivity index (χ2v) is 8.80. The van der Waals surface area contributed by atoms with Gasteiger partial charge in [0, 0.05) is 14.1 Å². The molecule has 10 heavy (non-hydrogen) atoms. The second kappa shape index (κ2) is 4.11. The van der Waals surface area contributed by atoms with E-state index in [0.717, 1.165) is 0 Å². The van der Waals surface area contributed by atoms with Gasteiger partial charge in [-0.1, -0.05) is 19.6 Å². The lowest BCUT2D eigenvalue weighted by Crippen LogP contribution is -2.42. The molecule has 2 nitrogen and oxygen atoms in total. The van der Waals surface area contributed by atoms with E-state index in [4.69, 9.17) is 13.6 Å². The van der Waals surface area contributed by atoms with Crippen LogP contribution in [-0.2, 0) is 9.47 Å². The quantitative estimate of drug-likeness (QED) is 0.588. The fraction of sp³-hybridized carbons (Fsp3) is 1.00. The first-order valence-electron chi connectivity index (χ1n) is 4.83. The average molecular weight is 165 g/mol. The van der Waals surface area contributed by atoms with Gasteiger partial charge in [0.1, 0.15) is 0 Å². The third kappa shape index (κ3) is 3.34. The monoisotopic (exact) mass is 165 g/mol. The molecular weight excluding hydrogens is 144 g/mol. The summed E-state index contributed by atoms with van der Waals surface area (Å²) in [5.74, 6) is 0. The van der Waals surface area contributed by atoms with Crippen LogP contribution in [0.3, 0.4) is 0 Å². The van der Waals surface area contributed by atoms with Crippen molar-refractivity contribution in [3.63, 3.8) is 0 Å². The van der Waals surface area contributed by atoms with E-state index in [-0.39, 0.29) is 5.73 Å². The van der Waals surface area contributed by atoms with Gasteiger partial charge in [-0.3, -0.25) is 0 Å². The van der Waals surface area contributed by atoms with Crippen molar-refractivity contribution in [2.24, 2.45) is 0 Å². The molecule has 0 saturated heterocycles. The van der Waals surface area contributed by atoms with Crippen LogP contribution >= 0.6 is 0 Å². The van der Waals surface area contributed by atoms with Gasteiger partial charge >= 0.3 is 0 Å². The molecule has 0 aliphatic carbocycles. The smallest absolute Gasteiger partial charge is 0.0815 e. The zero-order valence-corrected chi connectivity index (χ0v) is 8.10. The van der Waals surface area contributed by atoms with Crippen LogP contribution in [-0.4, -0.2) is 34.6 Å². The van der Waals surface area contributed by atoms with Gasteiger partial charge in [0.25, 0.3) is 0 Å². The molecule has 0 heterocycles. The molecule has 1 atom stereocenters. The zero-order chi connectivity index (χ0) is 10.7. The Bertz CT molecular complexity index is 153. The van der Waals surface area contributed by atoms with E-state index in [1.165, 1.54) is 0 Å². The van der Waals surface area contributed by atoms with E-state index < -0.39 is 15.1 Å². The molecule has 0 aromatic rings. The predicted octanol–water partition coefficient (Wildman–Crippen LogP) is 1.53. The Labute approximate surface area is 68.8 Å². The number of hydrogen-bond acceptors (Lipinski definition) is 2. The molecule has 0 aliphatic rings. The van der Waals surface area contributed by atoms with Gasteiger partial charge in [-0.25, -0.2) is 0 Å². The molecule has 62 valence electrons. The largest absolute Gasteiger partial charge is 0.383 e. The molecule has 0 rings (SSSR count). The maximum atomic E-state index is 7.00. The highest BCUT2D eigenvalue weighted by molar-refractivity contribution is 6.77. The first-order chi connectivity index (χ1) is 5.67. The number of methoxy groups -OCH3 is 2. The molecule has 0 aromatic heterocycles. The third-order valence-electron chi connectivity index (χ3n) is 1.43. The Kier molecular flexibility index (Phi) is 2.36. The van der Waals surface area contributed by atoms with Crippen LogP contribution in [0.2, 0.25) is 19.6 Å². The highest BCUT2D eigenvalue weighted by atomic mass is 28.3. The molecular formula is C7H18O2Si. The lowest BCUT2D eigenvalue weighted by atomic mass is 10.8. The van der Waals surface area contributed by atoms with Crippen LogP contribution in [0.4, 0.5) is 0 Å². The van der Waals surface area contributed by atoms with E-state index >= 15 is 0 Å². The molecule has 0 aliphatic heterocycles. The van der Waals surface area contributed by atoms with Gasteiger partial charge < -0.3 is 9.47 Å². The molecule has 0 N–H and O–H groups in total. The third-order valence-corrected chi connectivity index (χ3v) is 3.64. The maximum Gasteiger partial charge on any atom is 0.0815 e. The van der Waals surface area contributed by atoms with Crippen molar-refractivity contribution in [1.82, 2.24) is 0 Å². The summed E-state index contributed by atoms with van der Waals surface area (Å²) in [5.41, 5.74) is -0.273. The van der Waals surface area contributed by atoms with E-state index in [9.17, 15) is 0 Å². The van der Waals surface area contributed by atoms with Crippen molar-refractivity contribution in [3.8, 4) is 0 Å². The van der Waals surface area contributed by atoms with Crippen molar-refractivity contribution < 1.29 is 13.6 Å². The summed E-state index contributed by atoms with van der Waals surface area (Å²) >= 11 is 0. The van der Waals surface area contributed by atoms with Gasteiger partial charge in [0.05, 0.1) is 24.5 Å². The minimum absolute atomic E-state index is 0.273. The van der Waals surface area contributed by atoms with Crippen LogP contribution in [0.1, 0.15) is 4.11 Å². The van der Waals surface area contributed by atoms with Crippen molar-refractivity contribution in [2.75, 3.05) is 20.8 Å². The summed E-state index contributed by atoms with van der Waals surface area (Å²) in [6.07, 6.45) is 0. The Balaban J connectivity index is 4.27. The molecule has 3 heteroatoms. The molecule has 0 radical (unpaired) electrons. The zero-order valence-electron chi connectivity index (χ0n) is 10.1. The van der Waals surface area contributed by atoms with E-state index in [1.54, 1.807) is 7.11 Å². The van der Waals surface area contributed by atoms with Gasteiger partial charge in [0.15, 0.2) is 0 Å². The van der Waals surface area contributed by atoms with E-state index in [0.29, 0.717) is 6.61 Å². The van der Waals surface area contributed by atoms with Gasteiger partial charge in [0.2, 0.25) is 0 Å². The minimum Gasteiger partial charge on any atom is -0.383 e. The van der Waals surface area contributed by atoms with E-state index in [1.807, 2.05) is 0 Å². The normalized spacial score (nSPS) is 21.0. The fourth-order valence-electron chi connectivity index (χ4n) is 0.612.